The Labute approximate surface area is 141 Å². The molecule has 1 aromatic rings. The van der Waals surface area contributed by atoms with Gasteiger partial charge in [0.15, 0.2) is 0 Å². The molecule has 1 N–H and O–H groups in total. The molecular weight excluding hydrogens is 308 g/mol. The van der Waals surface area contributed by atoms with E-state index in [-0.39, 0.29) is 5.97 Å². The van der Waals surface area contributed by atoms with Crippen LogP contribution in [-0.2, 0) is 9.53 Å². The molecule has 0 aliphatic rings. The lowest BCUT2D eigenvalue weighted by Crippen LogP contribution is -2.30. The van der Waals surface area contributed by atoms with E-state index in [1.54, 1.807) is 45.1 Å². The second kappa shape index (κ2) is 8.35. The van der Waals surface area contributed by atoms with Crippen LogP contribution < -0.4 is 0 Å². The van der Waals surface area contributed by atoms with E-state index >= 15 is 0 Å². The highest BCUT2D eigenvalue weighted by Gasteiger charge is 2.31. The Bertz CT molecular complexity index is 685. The van der Waals surface area contributed by atoms with Crippen LogP contribution in [0.1, 0.15) is 31.9 Å². The number of hydrogen-bond donors (Lipinski definition) is 1. The molecule has 0 radical (unpaired) electrons. The molecule has 0 spiro atoms. The first kappa shape index (κ1) is 18.7. The Morgan fingerprint density at radius 2 is 2.22 bits per heavy atom. The number of esters is 1. The highest BCUT2D eigenvalue weighted by molar-refractivity contribution is 8.01. The lowest BCUT2D eigenvalue weighted by Gasteiger charge is -2.22. The van der Waals surface area contributed by atoms with Crippen molar-refractivity contribution < 1.29 is 9.53 Å². The number of hydrogen-bond acceptors (Lipinski definition) is 5. The number of nitrogens with one attached hydrogen (secondary N) is 1. The Morgan fingerprint density at radius 3 is 2.78 bits per heavy atom. The molecule has 4 nitrogen and oxygen atoms in total. The number of rotatable bonds is 7. The SMILES string of the molecule is C=CC(=N)C=Cc1ccc(C#N)c(SC(C)(C)C(=O)OCC)c1. The monoisotopic (exact) mass is 328 g/mol. The van der Waals surface area contributed by atoms with E-state index in [0.29, 0.717) is 22.8 Å². The third kappa shape index (κ3) is 5.42. The van der Waals surface area contributed by atoms with Gasteiger partial charge in [0.25, 0.3) is 0 Å². The molecule has 0 aliphatic carbocycles. The molecule has 23 heavy (non-hydrogen) atoms. The molecular formula is C18H20N2O2S. The van der Waals surface area contributed by atoms with Crippen LogP contribution in [0.25, 0.3) is 6.08 Å². The molecule has 1 rings (SSSR count). The van der Waals surface area contributed by atoms with Gasteiger partial charge in [-0.1, -0.05) is 18.7 Å². The van der Waals surface area contributed by atoms with Crippen molar-refractivity contribution in [1.82, 2.24) is 0 Å². The van der Waals surface area contributed by atoms with E-state index in [1.807, 2.05) is 6.07 Å². The minimum absolute atomic E-state index is 0.301. The normalized spacial score (nSPS) is 11.0. The van der Waals surface area contributed by atoms with Gasteiger partial charge in [0, 0.05) is 4.90 Å². The first-order valence-corrected chi connectivity index (χ1v) is 7.95. The van der Waals surface area contributed by atoms with Gasteiger partial charge in [-0.3, -0.25) is 4.79 Å². The average molecular weight is 328 g/mol. The Morgan fingerprint density at radius 1 is 1.52 bits per heavy atom. The lowest BCUT2D eigenvalue weighted by molar-refractivity contribution is -0.145. The summed E-state index contributed by atoms with van der Waals surface area (Å²) in [5.41, 5.74) is 1.65. The predicted octanol–water partition coefficient (Wildman–Crippen LogP) is 4.21. The first-order valence-electron chi connectivity index (χ1n) is 7.13. The van der Waals surface area contributed by atoms with Crippen LogP contribution in [0.3, 0.4) is 0 Å². The van der Waals surface area contributed by atoms with Crippen LogP contribution in [0, 0.1) is 16.7 Å². The van der Waals surface area contributed by atoms with E-state index in [1.165, 1.54) is 17.8 Å². The summed E-state index contributed by atoms with van der Waals surface area (Å²) in [5.74, 6) is -0.316. The van der Waals surface area contributed by atoms with Crippen LogP contribution >= 0.6 is 11.8 Å². The molecule has 0 bridgehead atoms. The maximum absolute atomic E-state index is 12.0. The van der Waals surface area contributed by atoms with Crippen LogP contribution in [0.5, 0.6) is 0 Å². The largest absolute Gasteiger partial charge is 0.465 e. The number of allylic oxidation sites excluding steroid dienone is 2. The third-order valence-corrected chi connectivity index (χ3v) is 4.17. The second-order valence-corrected chi connectivity index (χ2v) is 6.86. The summed E-state index contributed by atoms with van der Waals surface area (Å²) < 4.78 is 4.29. The van der Waals surface area contributed by atoms with Gasteiger partial charge in [-0.05, 0) is 50.6 Å². The number of thioether (sulfide) groups is 1. The van der Waals surface area contributed by atoms with Crippen LogP contribution in [0.15, 0.2) is 41.8 Å². The minimum Gasteiger partial charge on any atom is -0.465 e. The zero-order chi connectivity index (χ0) is 17.5. The molecule has 0 unspecified atom stereocenters. The molecule has 0 aromatic heterocycles. The number of carbonyl (C=O) groups excluding carboxylic acids is 1. The molecule has 0 saturated heterocycles. The summed E-state index contributed by atoms with van der Waals surface area (Å²) in [6, 6.07) is 7.47. The summed E-state index contributed by atoms with van der Waals surface area (Å²) in [6.45, 7) is 9.15. The van der Waals surface area contributed by atoms with E-state index in [0.717, 1.165) is 5.56 Å². The van der Waals surface area contributed by atoms with Crippen molar-refractivity contribution in [2.75, 3.05) is 6.61 Å². The fourth-order valence-electron chi connectivity index (χ4n) is 1.69. The van der Waals surface area contributed by atoms with Gasteiger partial charge < -0.3 is 10.1 Å². The molecule has 120 valence electrons. The Kier molecular flexibility index (Phi) is 6.80. The van der Waals surface area contributed by atoms with Gasteiger partial charge in [0.1, 0.15) is 10.8 Å². The summed E-state index contributed by atoms with van der Waals surface area (Å²) in [6.07, 6.45) is 4.84. The fourth-order valence-corrected chi connectivity index (χ4v) is 2.81. The number of carbonyl (C=O) groups is 1. The highest BCUT2D eigenvalue weighted by Crippen LogP contribution is 2.36. The van der Waals surface area contributed by atoms with E-state index in [4.69, 9.17) is 10.1 Å². The van der Waals surface area contributed by atoms with Gasteiger partial charge >= 0.3 is 5.97 Å². The minimum atomic E-state index is -0.794. The Hall–Kier alpha value is -2.32. The van der Waals surface area contributed by atoms with Crippen LogP contribution in [0.4, 0.5) is 0 Å². The van der Waals surface area contributed by atoms with E-state index < -0.39 is 4.75 Å². The van der Waals surface area contributed by atoms with Crippen molar-refractivity contribution in [3.05, 3.63) is 48.1 Å². The molecule has 0 aliphatic heterocycles. The topological polar surface area (TPSA) is 73.9 Å². The van der Waals surface area contributed by atoms with E-state index in [2.05, 4.69) is 12.6 Å². The van der Waals surface area contributed by atoms with Crippen LogP contribution in [-0.4, -0.2) is 23.0 Å². The molecule has 0 heterocycles. The zero-order valence-corrected chi connectivity index (χ0v) is 14.4. The maximum atomic E-state index is 12.0. The van der Waals surface area contributed by atoms with Crippen molar-refractivity contribution in [2.24, 2.45) is 0 Å². The van der Waals surface area contributed by atoms with Gasteiger partial charge in [0.05, 0.1) is 17.9 Å². The third-order valence-electron chi connectivity index (χ3n) is 2.93. The summed E-state index contributed by atoms with van der Waals surface area (Å²) in [4.78, 5) is 12.7. The second-order valence-electron chi connectivity index (χ2n) is 5.19. The van der Waals surface area contributed by atoms with Crippen molar-refractivity contribution in [2.45, 2.75) is 30.4 Å². The number of nitriles is 1. The maximum Gasteiger partial charge on any atom is 0.321 e. The van der Waals surface area contributed by atoms with Crippen LogP contribution in [0.2, 0.25) is 0 Å². The van der Waals surface area contributed by atoms with Gasteiger partial charge in [-0.2, -0.15) is 5.26 Å². The number of ether oxygens (including phenoxy) is 1. The average Bonchev–Trinajstić information content (AvgIpc) is 2.52. The smallest absolute Gasteiger partial charge is 0.321 e. The lowest BCUT2D eigenvalue weighted by atomic mass is 10.1. The molecule has 0 fully saturated rings. The van der Waals surface area contributed by atoms with Gasteiger partial charge in [0.2, 0.25) is 0 Å². The highest BCUT2D eigenvalue weighted by atomic mass is 32.2. The summed E-state index contributed by atoms with van der Waals surface area (Å²) in [5, 5.41) is 16.8. The zero-order valence-electron chi connectivity index (χ0n) is 13.6. The first-order chi connectivity index (χ1) is 10.8. The fraction of sp³-hybridized carbons (Fsp3) is 0.278. The molecule has 1 aromatic carbocycles. The van der Waals surface area contributed by atoms with Gasteiger partial charge in [-0.25, -0.2) is 0 Å². The van der Waals surface area contributed by atoms with Crippen molar-refractivity contribution in [3.8, 4) is 6.07 Å². The molecule has 0 saturated carbocycles. The Balaban J connectivity index is 3.11. The standard InChI is InChI=1S/C18H20N2O2S/c1-5-15(20)10-8-13-7-9-14(12-19)16(11-13)23-18(3,4)17(21)22-6-2/h5,7-11,20H,1,6H2,2-4H3. The number of nitrogens with zero attached hydrogens (tertiary/aromatic N) is 1. The van der Waals surface area contributed by atoms with Crippen molar-refractivity contribution >= 4 is 29.5 Å². The summed E-state index contributed by atoms with van der Waals surface area (Å²) >= 11 is 1.29. The van der Waals surface area contributed by atoms with Crippen molar-refractivity contribution in [3.63, 3.8) is 0 Å². The quantitative estimate of drug-likeness (QED) is 0.462. The van der Waals surface area contributed by atoms with E-state index in [9.17, 15) is 10.1 Å². The summed E-state index contributed by atoms with van der Waals surface area (Å²) in [7, 11) is 0. The predicted molar refractivity (Wildman–Crippen MR) is 94.7 cm³/mol. The van der Waals surface area contributed by atoms with Crippen molar-refractivity contribution in [1.29, 1.82) is 10.7 Å². The van der Waals surface area contributed by atoms with Gasteiger partial charge in [-0.15, -0.1) is 11.8 Å². The molecule has 0 atom stereocenters. The molecule has 5 heteroatoms. The molecule has 0 amide bonds. The number of benzene rings is 1.